The second-order valence-electron chi connectivity index (χ2n) is 12.8. The number of carbonyl (C=O) groups is 2. The molecule has 12 nitrogen and oxygen atoms in total. The zero-order chi connectivity index (χ0) is 38.1. The SMILES string of the molecule is C/C=C\NCC([NH+]=C(N)CC)C1(C)[C@H](O)[C@H](NC(=O)c2cccc3c2OCCC3(C)C)CN1C.CC.C\C=N/C(O)=C\C(=C\CC)C(=O)NC. The lowest BCUT2D eigenvalue weighted by Gasteiger charge is -2.39. The van der Waals surface area contributed by atoms with Gasteiger partial charge in [0, 0.05) is 43.4 Å². The van der Waals surface area contributed by atoms with Crippen LogP contribution in [0.25, 0.3) is 0 Å². The molecular weight excluding hydrogens is 634 g/mol. The number of nitrogens with two attached hydrogens (primary N) is 1. The summed E-state index contributed by atoms with van der Waals surface area (Å²) in [4.78, 5) is 33.7. The number of benzene rings is 1. The summed E-state index contributed by atoms with van der Waals surface area (Å²) in [6, 6.07) is 5.11. The number of amides is 2. The third kappa shape index (κ3) is 11.4. The normalized spacial score (nSPS) is 22.8. The fraction of sp³-hybridized carbons (Fsp3) is 0.579. The maximum Gasteiger partial charge on any atom is 0.255 e. The van der Waals surface area contributed by atoms with Gasteiger partial charge in [0.2, 0.25) is 11.7 Å². The summed E-state index contributed by atoms with van der Waals surface area (Å²) in [5.41, 5.74) is 7.41. The van der Waals surface area contributed by atoms with Crippen LogP contribution in [0.1, 0.15) is 97.5 Å². The number of aliphatic hydroxyl groups is 2. The monoisotopic (exact) mass is 698 g/mol. The molecule has 2 aliphatic heterocycles. The number of likely N-dealkylation sites (N-methyl/N-ethyl adjacent to an activating group) is 2. The molecule has 2 aliphatic rings. The van der Waals surface area contributed by atoms with Crippen LogP contribution >= 0.6 is 0 Å². The summed E-state index contributed by atoms with van der Waals surface area (Å²) in [7, 11) is 3.51. The van der Waals surface area contributed by atoms with E-state index in [9.17, 15) is 19.8 Å². The van der Waals surface area contributed by atoms with Crippen LogP contribution in [0.4, 0.5) is 0 Å². The Labute approximate surface area is 300 Å². The van der Waals surface area contributed by atoms with E-state index in [2.05, 4.69) is 44.7 Å². The van der Waals surface area contributed by atoms with E-state index >= 15 is 0 Å². The second kappa shape index (κ2) is 21.1. The molecule has 0 radical (unpaired) electrons. The first-order valence-corrected chi connectivity index (χ1v) is 17.7. The predicted octanol–water partition coefficient (Wildman–Crippen LogP) is 2.83. The molecule has 2 amide bonds. The van der Waals surface area contributed by atoms with Gasteiger partial charge in [0.25, 0.3) is 11.8 Å². The molecule has 0 aliphatic carbocycles. The highest BCUT2D eigenvalue weighted by Gasteiger charge is 2.54. The number of allylic oxidation sites excluding steroid dienone is 2. The van der Waals surface area contributed by atoms with E-state index in [1.165, 1.54) is 12.3 Å². The summed E-state index contributed by atoms with van der Waals surface area (Å²) in [6.45, 7) is 19.6. The van der Waals surface area contributed by atoms with E-state index < -0.39 is 17.7 Å². The van der Waals surface area contributed by atoms with E-state index in [0.29, 0.717) is 48.8 Å². The molecule has 1 fully saturated rings. The van der Waals surface area contributed by atoms with E-state index in [1.807, 2.05) is 73.0 Å². The predicted molar refractivity (Wildman–Crippen MR) is 204 cm³/mol. The lowest BCUT2D eigenvalue weighted by molar-refractivity contribution is -0.522. The van der Waals surface area contributed by atoms with Crippen LogP contribution in [0, 0.1) is 0 Å². The van der Waals surface area contributed by atoms with Crippen molar-refractivity contribution in [2.24, 2.45) is 10.7 Å². The molecule has 0 aromatic heterocycles. The Bertz CT molecular complexity index is 1400. The molecule has 0 spiro atoms. The van der Waals surface area contributed by atoms with Crippen molar-refractivity contribution in [3.05, 3.63) is 65.2 Å². The lowest BCUT2D eigenvalue weighted by Crippen LogP contribution is -2.90. The number of amidine groups is 1. The number of aliphatic hydroxyl groups excluding tert-OH is 2. The average molecular weight is 699 g/mol. The maximum atomic E-state index is 13.4. The van der Waals surface area contributed by atoms with Gasteiger partial charge in [0.15, 0.2) is 0 Å². The van der Waals surface area contributed by atoms with Gasteiger partial charge in [-0.3, -0.25) is 25.2 Å². The smallest absolute Gasteiger partial charge is 0.255 e. The minimum atomic E-state index is -0.812. The molecule has 1 aromatic rings. The van der Waals surface area contributed by atoms with Crippen molar-refractivity contribution in [1.29, 1.82) is 0 Å². The Morgan fingerprint density at radius 2 is 1.90 bits per heavy atom. The lowest BCUT2D eigenvalue weighted by atomic mass is 9.79. The number of nitrogens with zero attached hydrogens (tertiary/aromatic N) is 2. The molecule has 4 atom stereocenters. The average Bonchev–Trinajstić information content (AvgIpc) is 3.31. The molecule has 2 heterocycles. The number of nitrogens with one attached hydrogen (secondary N) is 4. The van der Waals surface area contributed by atoms with E-state index in [-0.39, 0.29) is 29.2 Å². The molecule has 12 heteroatoms. The first kappa shape index (κ1) is 43.9. The second-order valence-corrected chi connectivity index (χ2v) is 12.8. The number of hydrogen-bond acceptors (Lipinski definition) is 8. The van der Waals surface area contributed by atoms with E-state index in [4.69, 9.17) is 10.5 Å². The highest BCUT2D eigenvalue weighted by atomic mass is 16.5. The summed E-state index contributed by atoms with van der Waals surface area (Å²) in [5, 5.41) is 29.6. The van der Waals surface area contributed by atoms with E-state index in [0.717, 1.165) is 18.4 Å². The van der Waals surface area contributed by atoms with Crippen LogP contribution in [-0.2, 0) is 10.2 Å². The van der Waals surface area contributed by atoms with Crippen LogP contribution in [0.5, 0.6) is 5.75 Å². The molecular formula is C38H64N7O5+. The third-order valence-electron chi connectivity index (χ3n) is 9.06. The van der Waals surface area contributed by atoms with Crippen molar-refractivity contribution in [3.63, 3.8) is 0 Å². The Balaban J connectivity index is 0.000000658. The Kier molecular flexibility index (Phi) is 18.5. The van der Waals surface area contributed by atoms with Gasteiger partial charge in [-0.15, -0.1) is 0 Å². The molecule has 2 unspecified atom stereocenters. The molecule has 1 saturated heterocycles. The van der Waals surface area contributed by atoms with Crippen molar-refractivity contribution in [3.8, 4) is 5.75 Å². The molecule has 0 saturated carbocycles. The summed E-state index contributed by atoms with van der Waals surface area (Å²) in [5.74, 6) is 0.686. The largest absolute Gasteiger partial charge is 0.493 e. The van der Waals surface area contributed by atoms with Gasteiger partial charge in [0.05, 0.1) is 36.4 Å². The zero-order valence-corrected chi connectivity index (χ0v) is 32.2. The Morgan fingerprint density at radius 1 is 1.22 bits per heavy atom. The van der Waals surface area contributed by atoms with Crippen LogP contribution in [0.3, 0.4) is 0 Å². The molecule has 1 aromatic carbocycles. The van der Waals surface area contributed by atoms with Gasteiger partial charge in [-0.2, -0.15) is 0 Å². The van der Waals surface area contributed by atoms with Gasteiger partial charge >= 0.3 is 0 Å². The number of para-hydroxylation sites is 1. The fourth-order valence-corrected chi connectivity index (χ4v) is 5.94. The quantitative estimate of drug-likeness (QED) is 0.0574. The Morgan fingerprint density at radius 3 is 2.48 bits per heavy atom. The van der Waals surface area contributed by atoms with Crippen molar-refractivity contribution in [2.45, 2.75) is 111 Å². The molecule has 8 N–H and O–H groups in total. The van der Waals surface area contributed by atoms with Gasteiger partial charge in [-0.05, 0) is 58.3 Å². The number of fused-ring (bicyclic) bond motifs is 1. The topological polar surface area (TPSA) is 176 Å². The highest BCUT2D eigenvalue weighted by Crippen LogP contribution is 2.40. The first-order chi connectivity index (χ1) is 23.7. The standard InChI is InChI=1S/C26H41N5O3.C10H16N2O2.C2H6/c1-7-13-28-15-20(30-21(27)8-2)26(5)23(32)19(16-31(26)6)29-24(33)17-10-9-11-18-22(17)34-14-12-25(18,3)4;1-4-6-8(10(14)11-3)7-9(13)12-5-2;1-2/h7,9-11,13,19-20,23,28,32H,8,12,14-16H2,1-6H3,(H2,27,30)(H,29,33);5-7,13H,4H2,1-3H3,(H,11,14);1-2H3/p+1/b13-7-;8-6-,9-7+,12-5-;/t19-,20?,23-,26?;;/m1../s1. The van der Waals surface area contributed by atoms with Gasteiger partial charge in [0.1, 0.15) is 11.8 Å². The molecule has 0 bridgehead atoms. The van der Waals surface area contributed by atoms with Gasteiger partial charge < -0.3 is 30.9 Å². The molecule has 280 valence electrons. The third-order valence-corrected chi connectivity index (χ3v) is 9.06. The van der Waals surface area contributed by atoms with Crippen molar-refractivity contribution < 1.29 is 29.5 Å². The van der Waals surface area contributed by atoms with Crippen molar-refractivity contribution >= 4 is 23.9 Å². The zero-order valence-electron chi connectivity index (χ0n) is 32.2. The first-order valence-electron chi connectivity index (χ1n) is 17.7. The number of rotatable bonds is 12. The van der Waals surface area contributed by atoms with Gasteiger partial charge in [-0.1, -0.05) is 65.8 Å². The maximum absolute atomic E-state index is 13.4. The molecule has 50 heavy (non-hydrogen) atoms. The van der Waals surface area contributed by atoms with Crippen LogP contribution in [0.15, 0.2) is 59.1 Å². The Hall–Kier alpha value is -4.16. The van der Waals surface area contributed by atoms with Crippen LogP contribution in [0.2, 0.25) is 0 Å². The van der Waals surface area contributed by atoms with E-state index in [1.54, 1.807) is 26.1 Å². The van der Waals surface area contributed by atoms with Crippen LogP contribution in [-0.4, -0.2) is 96.5 Å². The summed E-state index contributed by atoms with van der Waals surface area (Å²) >= 11 is 0. The highest BCUT2D eigenvalue weighted by molar-refractivity contribution is 5.98. The number of ether oxygens (including phenoxy) is 1. The number of carbonyl (C=O) groups excluding carboxylic acids is 2. The number of aliphatic imine (C=N–C) groups is 1. The van der Waals surface area contributed by atoms with Crippen molar-refractivity contribution in [1.82, 2.24) is 20.9 Å². The summed E-state index contributed by atoms with van der Waals surface area (Å²) in [6.07, 6.45) is 9.82. The van der Waals surface area contributed by atoms with Gasteiger partial charge in [-0.25, -0.2) is 4.99 Å². The number of likely N-dealkylation sites (tertiary alicyclic amines) is 1. The number of hydrogen-bond donors (Lipinski definition) is 7. The minimum Gasteiger partial charge on any atom is -0.493 e. The summed E-state index contributed by atoms with van der Waals surface area (Å²) < 4.78 is 5.94. The molecule has 3 rings (SSSR count). The van der Waals surface area contributed by atoms with Crippen molar-refractivity contribution in [2.75, 3.05) is 33.8 Å². The fourth-order valence-electron chi connectivity index (χ4n) is 5.94. The minimum absolute atomic E-state index is 0.0515. The van der Waals surface area contributed by atoms with Crippen LogP contribution < -0.4 is 31.4 Å².